The van der Waals surface area contributed by atoms with Gasteiger partial charge in [0.1, 0.15) is 6.04 Å². The molecule has 98 valence electrons. The predicted octanol–water partition coefficient (Wildman–Crippen LogP) is 0.735. The summed E-state index contributed by atoms with van der Waals surface area (Å²) in [4.78, 5) is 13.9. The van der Waals surface area contributed by atoms with Gasteiger partial charge in [0.15, 0.2) is 0 Å². The van der Waals surface area contributed by atoms with Gasteiger partial charge in [0, 0.05) is 26.2 Å². The van der Waals surface area contributed by atoms with Crippen LogP contribution in [0.1, 0.15) is 22.7 Å². The van der Waals surface area contributed by atoms with E-state index in [0.29, 0.717) is 0 Å². The van der Waals surface area contributed by atoms with Gasteiger partial charge in [-0.3, -0.25) is 9.69 Å². The average Bonchev–Trinajstić information content (AvgIpc) is 2.35. The van der Waals surface area contributed by atoms with Crippen molar-refractivity contribution in [3.05, 3.63) is 34.9 Å². The fraction of sp³-hybridized carbons (Fsp3) is 0.500. The molecule has 18 heavy (non-hydrogen) atoms. The second-order valence-electron chi connectivity index (χ2n) is 4.93. The number of primary amides is 1. The van der Waals surface area contributed by atoms with Crippen LogP contribution in [0.3, 0.4) is 0 Å². The summed E-state index contributed by atoms with van der Waals surface area (Å²) in [7, 11) is 0. The van der Waals surface area contributed by atoms with Crippen LogP contribution in [0.4, 0.5) is 0 Å². The minimum absolute atomic E-state index is 0.264. The number of benzene rings is 1. The summed E-state index contributed by atoms with van der Waals surface area (Å²) < 4.78 is 0. The summed E-state index contributed by atoms with van der Waals surface area (Å²) in [5, 5.41) is 3.29. The number of aryl methyl sites for hydroxylation is 2. The van der Waals surface area contributed by atoms with E-state index in [2.05, 4.69) is 36.2 Å². The van der Waals surface area contributed by atoms with Gasteiger partial charge < -0.3 is 11.1 Å². The summed E-state index contributed by atoms with van der Waals surface area (Å²) in [6, 6.07) is 5.85. The highest BCUT2D eigenvalue weighted by Crippen LogP contribution is 2.23. The van der Waals surface area contributed by atoms with Gasteiger partial charge in [0.2, 0.25) is 5.91 Å². The monoisotopic (exact) mass is 247 g/mol. The highest BCUT2D eigenvalue weighted by molar-refractivity contribution is 5.81. The number of nitrogens with zero attached hydrogens (tertiary/aromatic N) is 1. The molecule has 1 aliphatic rings. The van der Waals surface area contributed by atoms with Gasteiger partial charge in [-0.1, -0.05) is 18.2 Å². The van der Waals surface area contributed by atoms with E-state index in [-0.39, 0.29) is 11.9 Å². The Morgan fingerprint density at radius 3 is 2.50 bits per heavy atom. The molecule has 4 nitrogen and oxygen atoms in total. The van der Waals surface area contributed by atoms with E-state index in [9.17, 15) is 4.79 Å². The lowest BCUT2D eigenvalue weighted by Gasteiger charge is -2.33. The van der Waals surface area contributed by atoms with Crippen molar-refractivity contribution in [2.45, 2.75) is 19.9 Å². The highest BCUT2D eigenvalue weighted by Gasteiger charge is 2.26. The van der Waals surface area contributed by atoms with Crippen molar-refractivity contribution in [1.82, 2.24) is 10.2 Å². The van der Waals surface area contributed by atoms with E-state index in [1.54, 1.807) is 0 Å². The minimum Gasteiger partial charge on any atom is -0.368 e. The summed E-state index contributed by atoms with van der Waals surface area (Å²) in [6.07, 6.45) is 0. The Kier molecular flexibility index (Phi) is 3.99. The van der Waals surface area contributed by atoms with Gasteiger partial charge in [-0.05, 0) is 30.5 Å². The average molecular weight is 247 g/mol. The van der Waals surface area contributed by atoms with Crippen LogP contribution >= 0.6 is 0 Å². The Morgan fingerprint density at radius 2 is 1.94 bits per heavy atom. The number of nitrogens with two attached hydrogens (primary N) is 1. The first kappa shape index (κ1) is 13.1. The second kappa shape index (κ2) is 5.50. The smallest absolute Gasteiger partial charge is 0.239 e. The number of carbonyl (C=O) groups is 1. The zero-order chi connectivity index (χ0) is 13.1. The third-order valence-corrected chi connectivity index (χ3v) is 3.63. The molecule has 0 spiro atoms. The van der Waals surface area contributed by atoms with Crippen molar-refractivity contribution >= 4 is 5.91 Å². The number of carbonyl (C=O) groups excluding carboxylic acids is 1. The highest BCUT2D eigenvalue weighted by atomic mass is 16.1. The second-order valence-corrected chi connectivity index (χ2v) is 4.93. The number of hydrogen-bond acceptors (Lipinski definition) is 3. The summed E-state index contributed by atoms with van der Waals surface area (Å²) in [5.74, 6) is -0.264. The van der Waals surface area contributed by atoms with Crippen LogP contribution in [-0.4, -0.2) is 37.0 Å². The molecule has 0 saturated carbocycles. The van der Waals surface area contributed by atoms with Crippen molar-refractivity contribution in [1.29, 1.82) is 0 Å². The lowest BCUT2D eigenvalue weighted by Crippen LogP contribution is -2.48. The topological polar surface area (TPSA) is 58.4 Å². The molecule has 4 heteroatoms. The standard InChI is InChI=1S/C14H21N3O/c1-10-3-4-12(9-11(10)2)13(14(15)18)17-7-5-16-6-8-17/h3-4,9,13,16H,5-8H2,1-2H3,(H2,15,18). The molecule has 3 N–H and O–H groups in total. The molecule has 0 radical (unpaired) electrons. The molecule has 1 aliphatic heterocycles. The molecule has 1 aromatic rings. The van der Waals surface area contributed by atoms with E-state index < -0.39 is 0 Å². The van der Waals surface area contributed by atoms with Crippen molar-refractivity contribution in [3.8, 4) is 0 Å². The molecule has 0 aromatic heterocycles. The SMILES string of the molecule is Cc1ccc(C(C(N)=O)N2CCNCC2)cc1C. The maximum absolute atomic E-state index is 11.8. The Morgan fingerprint density at radius 1 is 1.28 bits per heavy atom. The number of piperazine rings is 1. The quantitative estimate of drug-likeness (QED) is 0.828. The molecule has 1 unspecified atom stereocenters. The fourth-order valence-corrected chi connectivity index (χ4v) is 2.43. The lowest BCUT2D eigenvalue weighted by atomic mass is 9.99. The number of nitrogens with one attached hydrogen (secondary N) is 1. The lowest BCUT2D eigenvalue weighted by molar-refractivity contribution is -0.123. The van der Waals surface area contributed by atoms with Crippen LogP contribution < -0.4 is 11.1 Å². The Hall–Kier alpha value is -1.39. The van der Waals surface area contributed by atoms with Gasteiger partial charge in [-0.25, -0.2) is 0 Å². The van der Waals surface area contributed by atoms with E-state index in [1.165, 1.54) is 11.1 Å². The largest absolute Gasteiger partial charge is 0.368 e. The van der Waals surface area contributed by atoms with Crippen LogP contribution in [0.5, 0.6) is 0 Å². The molecule has 0 aliphatic carbocycles. The molecule has 1 saturated heterocycles. The van der Waals surface area contributed by atoms with Crippen molar-refractivity contribution in [2.75, 3.05) is 26.2 Å². The number of amides is 1. The van der Waals surface area contributed by atoms with Crippen molar-refractivity contribution in [2.24, 2.45) is 5.73 Å². The third-order valence-electron chi connectivity index (χ3n) is 3.63. The molecular weight excluding hydrogens is 226 g/mol. The van der Waals surface area contributed by atoms with Crippen molar-refractivity contribution < 1.29 is 4.79 Å². The minimum atomic E-state index is -0.300. The summed E-state index contributed by atoms with van der Waals surface area (Å²) >= 11 is 0. The van der Waals surface area contributed by atoms with E-state index in [1.807, 2.05) is 6.07 Å². The van der Waals surface area contributed by atoms with E-state index >= 15 is 0 Å². The Labute approximate surface area is 108 Å². The Bertz CT molecular complexity index is 439. The van der Waals surface area contributed by atoms with Crippen molar-refractivity contribution in [3.63, 3.8) is 0 Å². The summed E-state index contributed by atoms with van der Waals surface area (Å²) in [5.41, 5.74) is 9.03. The first-order chi connectivity index (χ1) is 8.59. The van der Waals surface area contributed by atoms with E-state index in [4.69, 9.17) is 5.73 Å². The molecule has 2 rings (SSSR count). The molecular formula is C14H21N3O. The van der Waals surface area contributed by atoms with Crippen LogP contribution in [-0.2, 0) is 4.79 Å². The third kappa shape index (κ3) is 2.71. The fourth-order valence-electron chi connectivity index (χ4n) is 2.43. The maximum atomic E-state index is 11.8. The van der Waals surface area contributed by atoms with Gasteiger partial charge >= 0.3 is 0 Å². The number of hydrogen-bond donors (Lipinski definition) is 2. The molecule has 1 atom stereocenters. The number of rotatable bonds is 3. The van der Waals surface area contributed by atoms with Crippen LogP contribution in [0.15, 0.2) is 18.2 Å². The Balaban J connectivity index is 2.28. The van der Waals surface area contributed by atoms with Crippen LogP contribution in [0.25, 0.3) is 0 Å². The molecule has 1 aromatic carbocycles. The van der Waals surface area contributed by atoms with Gasteiger partial charge in [-0.15, -0.1) is 0 Å². The first-order valence-corrected chi connectivity index (χ1v) is 6.41. The zero-order valence-electron chi connectivity index (χ0n) is 11.1. The van der Waals surface area contributed by atoms with Gasteiger partial charge in [-0.2, -0.15) is 0 Å². The van der Waals surface area contributed by atoms with Gasteiger partial charge in [0.25, 0.3) is 0 Å². The molecule has 1 amide bonds. The first-order valence-electron chi connectivity index (χ1n) is 6.41. The molecule has 1 heterocycles. The van der Waals surface area contributed by atoms with E-state index in [0.717, 1.165) is 31.7 Å². The summed E-state index contributed by atoms with van der Waals surface area (Å²) in [6.45, 7) is 7.68. The molecule has 0 bridgehead atoms. The van der Waals surface area contributed by atoms with Crippen LogP contribution in [0.2, 0.25) is 0 Å². The maximum Gasteiger partial charge on any atom is 0.239 e. The normalized spacial score (nSPS) is 18.6. The predicted molar refractivity (Wildman–Crippen MR) is 72.3 cm³/mol. The zero-order valence-corrected chi connectivity index (χ0v) is 11.1. The van der Waals surface area contributed by atoms with Gasteiger partial charge in [0.05, 0.1) is 0 Å². The van der Waals surface area contributed by atoms with Crippen LogP contribution in [0, 0.1) is 13.8 Å². The molecule has 1 fully saturated rings.